The summed E-state index contributed by atoms with van der Waals surface area (Å²) in [4.78, 5) is 16.5. The molecule has 0 bridgehead atoms. The number of nitrogens with one attached hydrogen (secondary N) is 1. The molecule has 1 amide bonds. The van der Waals surface area contributed by atoms with E-state index in [1.165, 1.54) is 29.7 Å². The van der Waals surface area contributed by atoms with Gasteiger partial charge in [0.1, 0.15) is 0 Å². The number of rotatable bonds is 7. The second-order valence-electron chi connectivity index (χ2n) is 7.87. The van der Waals surface area contributed by atoms with Crippen molar-refractivity contribution in [1.82, 2.24) is 19.2 Å². The molecule has 2 atom stereocenters. The van der Waals surface area contributed by atoms with Crippen LogP contribution in [0.3, 0.4) is 0 Å². The Hall–Kier alpha value is -2.19. The second kappa shape index (κ2) is 7.67. The van der Waals surface area contributed by atoms with Crippen LogP contribution in [0.15, 0.2) is 47.9 Å². The van der Waals surface area contributed by atoms with Gasteiger partial charge in [-0.1, -0.05) is 43.2 Å². The van der Waals surface area contributed by atoms with Gasteiger partial charge in [-0.25, -0.2) is 13.4 Å². The fourth-order valence-corrected chi connectivity index (χ4v) is 5.28. The first-order chi connectivity index (χ1) is 13.4. The highest BCUT2D eigenvalue weighted by Crippen LogP contribution is 2.34. The van der Waals surface area contributed by atoms with Crippen LogP contribution in [0.25, 0.3) is 0 Å². The van der Waals surface area contributed by atoms with Crippen LogP contribution in [0.4, 0.5) is 0 Å². The quantitative estimate of drug-likeness (QED) is 0.766. The summed E-state index contributed by atoms with van der Waals surface area (Å²) in [5.41, 5.74) is 1.04. The third kappa shape index (κ3) is 4.12. The fourth-order valence-electron chi connectivity index (χ4n) is 3.82. The summed E-state index contributed by atoms with van der Waals surface area (Å²) in [7, 11) is -1.95. The third-order valence-corrected chi connectivity index (χ3v) is 7.34. The minimum atomic E-state index is -3.69. The smallest absolute Gasteiger partial charge is 0.262 e. The SMILES string of the molecule is Cn1cnc(S(=O)(=O)N2C[C@H](NC(=O)CCC3CC3)[C@@H](c3ccccc3)C2)c1. The van der Waals surface area contributed by atoms with Crippen LogP contribution < -0.4 is 5.32 Å². The maximum atomic E-state index is 13.0. The van der Waals surface area contributed by atoms with Gasteiger partial charge in [0.2, 0.25) is 5.91 Å². The van der Waals surface area contributed by atoms with Crippen molar-refractivity contribution >= 4 is 15.9 Å². The lowest BCUT2D eigenvalue weighted by molar-refractivity contribution is -0.122. The average Bonchev–Trinajstić information content (AvgIpc) is 3.25. The fraction of sp³-hybridized carbons (Fsp3) is 0.500. The van der Waals surface area contributed by atoms with Crippen molar-refractivity contribution in [2.45, 2.75) is 42.7 Å². The molecule has 1 aromatic heterocycles. The maximum absolute atomic E-state index is 13.0. The first-order valence-corrected chi connectivity index (χ1v) is 11.2. The van der Waals surface area contributed by atoms with E-state index in [9.17, 15) is 13.2 Å². The number of imidazole rings is 1. The molecule has 4 rings (SSSR count). The van der Waals surface area contributed by atoms with Gasteiger partial charge >= 0.3 is 0 Å². The van der Waals surface area contributed by atoms with Crippen LogP contribution >= 0.6 is 0 Å². The molecule has 1 N–H and O–H groups in total. The predicted octanol–water partition coefficient (Wildman–Crippen LogP) is 1.88. The Morgan fingerprint density at radius 1 is 1.21 bits per heavy atom. The number of sulfonamides is 1. The molecular formula is C20H26N4O3S. The minimum absolute atomic E-state index is 0.00918. The molecule has 1 saturated heterocycles. The van der Waals surface area contributed by atoms with E-state index in [1.54, 1.807) is 11.6 Å². The van der Waals surface area contributed by atoms with E-state index in [4.69, 9.17) is 0 Å². The second-order valence-corrected chi connectivity index (χ2v) is 9.76. The molecule has 2 heterocycles. The van der Waals surface area contributed by atoms with E-state index in [0.29, 0.717) is 18.9 Å². The first-order valence-electron chi connectivity index (χ1n) is 9.76. The lowest BCUT2D eigenvalue weighted by Gasteiger charge is -2.20. The summed E-state index contributed by atoms with van der Waals surface area (Å²) in [6.07, 6.45) is 6.86. The van der Waals surface area contributed by atoms with Crippen LogP contribution in [0.1, 0.15) is 37.2 Å². The highest BCUT2D eigenvalue weighted by Gasteiger charge is 2.41. The highest BCUT2D eigenvalue weighted by atomic mass is 32.2. The van der Waals surface area contributed by atoms with Gasteiger partial charge in [0.15, 0.2) is 5.03 Å². The molecule has 0 spiro atoms. The Bertz CT molecular complexity index is 937. The molecule has 1 aromatic carbocycles. The van der Waals surface area contributed by atoms with Crippen molar-refractivity contribution in [3.8, 4) is 0 Å². The predicted molar refractivity (Wildman–Crippen MR) is 105 cm³/mol. The molecule has 1 saturated carbocycles. The first kappa shape index (κ1) is 19.1. The molecular weight excluding hydrogens is 376 g/mol. The van der Waals surface area contributed by atoms with E-state index in [1.807, 2.05) is 30.3 Å². The molecule has 7 nitrogen and oxygen atoms in total. The molecule has 150 valence electrons. The Kier molecular flexibility index (Phi) is 5.25. The largest absolute Gasteiger partial charge is 0.351 e. The standard InChI is InChI=1S/C20H26N4O3S/c1-23-13-20(21-14-23)28(26,27)24-11-17(16-5-3-2-4-6-16)18(12-24)22-19(25)10-9-15-7-8-15/h2-6,13-15,17-18H,7-12H2,1H3,(H,22,25)/t17-,18+/m1/s1. The number of aryl methyl sites for hydroxylation is 1. The highest BCUT2D eigenvalue weighted by molar-refractivity contribution is 7.89. The number of hydrogen-bond acceptors (Lipinski definition) is 4. The van der Waals surface area contributed by atoms with Crippen molar-refractivity contribution < 1.29 is 13.2 Å². The molecule has 2 aromatic rings. The Morgan fingerprint density at radius 3 is 2.61 bits per heavy atom. The van der Waals surface area contributed by atoms with Crippen LogP contribution in [0.5, 0.6) is 0 Å². The number of nitrogens with zero attached hydrogens (tertiary/aromatic N) is 3. The zero-order valence-electron chi connectivity index (χ0n) is 16.0. The van der Waals surface area contributed by atoms with Gasteiger partial charge in [0.05, 0.1) is 12.4 Å². The third-order valence-electron chi connectivity index (χ3n) is 5.62. The van der Waals surface area contributed by atoms with Gasteiger partial charge in [-0.2, -0.15) is 4.31 Å². The Morgan fingerprint density at radius 2 is 1.96 bits per heavy atom. The Balaban J connectivity index is 1.53. The number of amides is 1. The topological polar surface area (TPSA) is 84.3 Å². The van der Waals surface area contributed by atoms with Crippen molar-refractivity contribution in [3.05, 3.63) is 48.4 Å². The normalized spacial score (nSPS) is 23.0. The van der Waals surface area contributed by atoms with Gasteiger partial charge in [-0.3, -0.25) is 4.79 Å². The Labute approximate surface area is 165 Å². The van der Waals surface area contributed by atoms with Crippen molar-refractivity contribution in [3.63, 3.8) is 0 Å². The van der Waals surface area contributed by atoms with E-state index >= 15 is 0 Å². The number of benzene rings is 1. The molecule has 0 radical (unpaired) electrons. The van der Waals surface area contributed by atoms with Crippen molar-refractivity contribution in [1.29, 1.82) is 0 Å². The van der Waals surface area contributed by atoms with Gasteiger partial charge in [-0.15, -0.1) is 0 Å². The van der Waals surface area contributed by atoms with E-state index < -0.39 is 10.0 Å². The van der Waals surface area contributed by atoms with Crippen LogP contribution in [-0.2, 0) is 21.9 Å². The molecule has 1 aliphatic heterocycles. The lowest BCUT2D eigenvalue weighted by atomic mass is 9.94. The summed E-state index contributed by atoms with van der Waals surface area (Å²) in [6.45, 7) is 0.587. The monoisotopic (exact) mass is 402 g/mol. The van der Waals surface area contributed by atoms with Gasteiger partial charge in [-0.05, 0) is 17.9 Å². The molecule has 1 aliphatic carbocycles. The summed E-state index contributed by atoms with van der Waals surface area (Å²) in [6, 6.07) is 9.56. The van der Waals surface area contributed by atoms with Crippen LogP contribution in [-0.4, -0.2) is 47.3 Å². The molecule has 8 heteroatoms. The zero-order chi connectivity index (χ0) is 19.7. The molecule has 2 aliphatic rings. The number of aromatic nitrogens is 2. The number of carbonyl (C=O) groups excluding carboxylic acids is 1. The number of carbonyl (C=O) groups is 1. The van der Waals surface area contributed by atoms with Crippen LogP contribution in [0, 0.1) is 5.92 Å². The molecule has 2 fully saturated rings. The summed E-state index contributed by atoms with van der Waals surface area (Å²) >= 11 is 0. The van der Waals surface area contributed by atoms with Crippen molar-refractivity contribution in [2.75, 3.05) is 13.1 Å². The summed E-state index contributed by atoms with van der Waals surface area (Å²) in [5, 5.41) is 3.14. The van der Waals surface area contributed by atoms with Gasteiger partial charge in [0, 0.05) is 38.7 Å². The van der Waals surface area contributed by atoms with Gasteiger partial charge < -0.3 is 9.88 Å². The van der Waals surface area contributed by atoms with Gasteiger partial charge in [0.25, 0.3) is 10.0 Å². The minimum Gasteiger partial charge on any atom is -0.351 e. The van der Waals surface area contributed by atoms with Crippen LogP contribution in [0.2, 0.25) is 0 Å². The zero-order valence-corrected chi connectivity index (χ0v) is 16.8. The average molecular weight is 403 g/mol. The van der Waals surface area contributed by atoms with E-state index in [0.717, 1.165) is 12.0 Å². The summed E-state index contributed by atoms with van der Waals surface area (Å²) < 4.78 is 29.1. The molecule has 28 heavy (non-hydrogen) atoms. The van der Waals surface area contributed by atoms with Crippen molar-refractivity contribution in [2.24, 2.45) is 13.0 Å². The maximum Gasteiger partial charge on any atom is 0.262 e. The van der Waals surface area contributed by atoms with E-state index in [-0.39, 0.29) is 29.4 Å². The lowest BCUT2D eigenvalue weighted by Crippen LogP contribution is -2.40. The number of hydrogen-bond donors (Lipinski definition) is 1. The molecule has 0 unspecified atom stereocenters. The van der Waals surface area contributed by atoms with E-state index in [2.05, 4.69) is 10.3 Å². The summed E-state index contributed by atoms with van der Waals surface area (Å²) in [5.74, 6) is 0.625.